The first-order chi connectivity index (χ1) is 11.7. The van der Waals surface area contributed by atoms with Crippen LogP contribution in [-0.4, -0.2) is 66.1 Å². The first-order valence-electron chi connectivity index (χ1n) is 8.30. The number of nitrogens with one attached hydrogen (secondary N) is 1. The molecule has 1 N–H and O–H groups in total. The summed E-state index contributed by atoms with van der Waals surface area (Å²) >= 11 is 0. The molecule has 3 aliphatic heterocycles. The van der Waals surface area contributed by atoms with E-state index in [4.69, 9.17) is 0 Å². The SMILES string of the molecule is Cn1cc2c(n1)CCNC2C(=O)N1CC2CS(=O)(=O)CC(C1)C2(F)F. The first kappa shape index (κ1) is 16.9. The van der Waals surface area contributed by atoms with Crippen LogP contribution in [0.2, 0.25) is 0 Å². The third-order valence-corrected chi connectivity index (χ3v) is 7.22. The van der Waals surface area contributed by atoms with Gasteiger partial charge in [-0.3, -0.25) is 9.48 Å². The zero-order valence-electron chi connectivity index (χ0n) is 13.8. The maximum Gasteiger partial charge on any atom is 0.259 e. The average molecular weight is 374 g/mol. The molecule has 138 valence electrons. The van der Waals surface area contributed by atoms with Crippen molar-refractivity contribution in [3.8, 4) is 0 Å². The lowest BCUT2D eigenvalue weighted by atomic mass is 9.85. The fourth-order valence-corrected chi connectivity index (χ4v) is 6.23. The smallest absolute Gasteiger partial charge is 0.259 e. The van der Waals surface area contributed by atoms with E-state index < -0.39 is 45.1 Å². The Hall–Kier alpha value is -1.55. The topological polar surface area (TPSA) is 84.3 Å². The van der Waals surface area contributed by atoms with Crippen LogP contribution in [0, 0.1) is 11.8 Å². The summed E-state index contributed by atoms with van der Waals surface area (Å²) in [6.45, 7) is 0.135. The quantitative estimate of drug-likeness (QED) is 0.733. The van der Waals surface area contributed by atoms with Crippen molar-refractivity contribution in [3.05, 3.63) is 17.5 Å². The molecule has 25 heavy (non-hydrogen) atoms. The second kappa shape index (κ2) is 5.47. The van der Waals surface area contributed by atoms with Crippen molar-refractivity contribution in [2.75, 3.05) is 31.1 Å². The number of likely N-dealkylation sites (tertiary alicyclic amines) is 1. The molecule has 1 amide bonds. The van der Waals surface area contributed by atoms with Crippen LogP contribution < -0.4 is 5.32 Å². The zero-order valence-corrected chi connectivity index (χ0v) is 14.6. The van der Waals surface area contributed by atoms with E-state index in [1.807, 2.05) is 0 Å². The predicted octanol–water partition coefficient (Wildman–Crippen LogP) is -0.255. The van der Waals surface area contributed by atoms with E-state index in [1.165, 1.54) is 4.90 Å². The number of piperidine rings is 1. The number of carbonyl (C=O) groups is 1. The molecule has 0 saturated carbocycles. The largest absolute Gasteiger partial charge is 0.340 e. The van der Waals surface area contributed by atoms with Gasteiger partial charge in [0.1, 0.15) is 6.04 Å². The Morgan fingerprint density at radius 1 is 1.32 bits per heavy atom. The number of hydrogen-bond donors (Lipinski definition) is 1. The Morgan fingerprint density at radius 3 is 2.60 bits per heavy atom. The van der Waals surface area contributed by atoms with E-state index in [0.717, 1.165) is 11.3 Å². The highest BCUT2D eigenvalue weighted by Crippen LogP contribution is 2.43. The highest BCUT2D eigenvalue weighted by atomic mass is 32.2. The van der Waals surface area contributed by atoms with Crippen LogP contribution in [0.15, 0.2) is 6.20 Å². The summed E-state index contributed by atoms with van der Waals surface area (Å²) < 4.78 is 54.0. The predicted molar refractivity (Wildman–Crippen MR) is 84.8 cm³/mol. The minimum Gasteiger partial charge on any atom is -0.340 e. The van der Waals surface area contributed by atoms with Gasteiger partial charge in [0.2, 0.25) is 5.91 Å². The van der Waals surface area contributed by atoms with Crippen LogP contribution in [0.1, 0.15) is 17.3 Å². The molecular weight excluding hydrogens is 354 g/mol. The van der Waals surface area contributed by atoms with E-state index in [-0.39, 0.29) is 19.0 Å². The van der Waals surface area contributed by atoms with Crippen molar-refractivity contribution in [2.45, 2.75) is 18.4 Å². The number of nitrogens with zero attached hydrogens (tertiary/aromatic N) is 3. The third-order valence-electron chi connectivity index (χ3n) is 5.40. The van der Waals surface area contributed by atoms with Crippen LogP contribution in [-0.2, 0) is 28.1 Å². The number of sulfone groups is 1. The summed E-state index contributed by atoms with van der Waals surface area (Å²) in [4.78, 5) is 14.4. The molecule has 2 saturated heterocycles. The molecule has 4 rings (SSSR count). The second-order valence-electron chi connectivity index (χ2n) is 7.23. The molecule has 0 aliphatic carbocycles. The van der Waals surface area contributed by atoms with Gasteiger partial charge in [-0.1, -0.05) is 0 Å². The number of fused-ring (bicyclic) bond motifs is 3. The summed E-state index contributed by atoms with van der Waals surface area (Å²) in [5.41, 5.74) is 1.61. The van der Waals surface area contributed by atoms with Gasteiger partial charge in [-0.15, -0.1) is 0 Å². The lowest BCUT2D eigenvalue weighted by Crippen LogP contribution is -2.63. The van der Waals surface area contributed by atoms with E-state index in [1.54, 1.807) is 17.9 Å². The fraction of sp³-hybridized carbons (Fsp3) is 0.733. The van der Waals surface area contributed by atoms with Crippen LogP contribution >= 0.6 is 0 Å². The minimum absolute atomic E-state index is 0.227. The molecule has 2 bridgehead atoms. The molecule has 0 aromatic carbocycles. The first-order valence-corrected chi connectivity index (χ1v) is 10.1. The molecule has 3 unspecified atom stereocenters. The number of hydrogen-bond acceptors (Lipinski definition) is 5. The van der Waals surface area contributed by atoms with Gasteiger partial charge in [-0.2, -0.15) is 5.10 Å². The van der Waals surface area contributed by atoms with Gasteiger partial charge in [0.15, 0.2) is 9.84 Å². The highest BCUT2D eigenvalue weighted by Gasteiger charge is 2.58. The van der Waals surface area contributed by atoms with Crippen molar-refractivity contribution in [1.82, 2.24) is 20.0 Å². The highest BCUT2D eigenvalue weighted by molar-refractivity contribution is 7.91. The van der Waals surface area contributed by atoms with E-state index in [9.17, 15) is 22.0 Å². The van der Waals surface area contributed by atoms with Crippen molar-refractivity contribution in [3.63, 3.8) is 0 Å². The van der Waals surface area contributed by atoms with Crippen LogP contribution in [0.4, 0.5) is 8.78 Å². The van der Waals surface area contributed by atoms with Gasteiger partial charge >= 0.3 is 0 Å². The summed E-state index contributed by atoms with van der Waals surface area (Å²) in [6, 6.07) is -0.610. The van der Waals surface area contributed by atoms with Crippen LogP contribution in [0.25, 0.3) is 0 Å². The van der Waals surface area contributed by atoms with Gasteiger partial charge in [0, 0.05) is 44.9 Å². The molecule has 3 aliphatic rings. The maximum atomic E-state index is 14.3. The number of aryl methyl sites for hydroxylation is 1. The minimum atomic E-state index is -3.48. The average Bonchev–Trinajstić information content (AvgIpc) is 2.88. The lowest BCUT2D eigenvalue weighted by Gasteiger charge is -2.47. The molecule has 2 fully saturated rings. The van der Waals surface area contributed by atoms with Gasteiger partial charge in [-0.05, 0) is 0 Å². The summed E-state index contributed by atoms with van der Waals surface area (Å²) in [5, 5.41) is 7.47. The summed E-state index contributed by atoms with van der Waals surface area (Å²) in [5.74, 6) is -7.09. The Morgan fingerprint density at radius 2 is 1.96 bits per heavy atom. The molecule has 0 radical (unpaired) electrons. The monoisotopic (exact) mass is 374 g/mol. The van der Waals surface area contributed by atoms with Crippen molar-refractivity contribution >= 4 is 15.7 Å². The fourth-order valence-electron chi connectivity index (χ4n) is 4.21. The number of halogens is 2. The standard InChI is InChI=1S/C15H20F2N4O3S/c1-20-6-11-12(19-20)2-3-18-13(11)14(22)21-4-9-7-25(23,24)8-10(5-21)15(9,16)17/h6,9-10,13,18H,2-5,7-8H2,1H3. The number of carbonyl (C=O) groups excluding carboxylic acids is 1. The van der Waals surface area contributed by atoms with Gasteiger partial charge in [-0.25, -0.2) is 17.2 Å². The van der Waals surface area contributed by atoms with Crippen LogP contribution in [0.3, 0.4) is 0 Å². The molecule has 3 atom stereocenters. The molecule has 1 aromatic heterocycles. The number of alkyl halides is 2. The Labute approximate surface area is 144 Å². The van der Waals surface area contributed by atoms with Crippen LogP contribution in [0.5, 0.6) is 0 Å². The molecular formula is C15H20F2N4O3S. The number of aromatic nitrogens is 2. The van der Waals surface area contributed by atoms with E-state index in [0.29, 0.717) is 13.0 Å². The van der Waals surface area contributed by atoms with Gasteiger partial charge in [0.25, 0.3) is 5.92 Å². The van der Waals surface area contributed by atoms with Gasteiger partial charge in [0.05, 0.1) is 29.0 Å². The van der Waals surface area contributed by atoms with E-state index >= 15 is 0 Å². The van der Waals surface area contributed by atoms with Crippen molar-refractivity contribution < 1.29 is 22.0 Å². The Bertz CT molecular complexity index is 799. The second-order valence-corrected chi connectivity index (χ2v) is 9.38. The Balaban J connectivity index is 1.59. The van der Waals surface area contributed by atoms with Gasteiger partial charge < -0.3 is 10.2 Å². The molecule has 1 aromatic rings. The summed E-state index contributed by atoms with van der Waals surface area (Å²) in [6.07, 6.45) is 2.48. The zero-order chi connectivity index (χ0) is 18.0. The molecule has 10 heteroatoms. The molecule has 4 heterocycles. The summed E-state index contributed by atoms with van der Waals surface area (Å²) in [7, 11) is -1.70. The normalized spacial score (nSPS) is 32.9. The maximum absolute atomic E-state index is 14.3. The number of amides is 1. The number of rotatable bonds is 1. The van der Waals surface area contributed by atoms with Crippen molar-refractivity contribution in [2.24, 2.45) is 18.9 Å². The third kappa shape index (κ3) is 2.75. The Kier molecular flexibility index (Phi) is 3.70. The molecule has 7 nitrogen and oxygen atoms in total. The van der Waals surface area contributed by atoms with Crippen molar-refractivity contribution in [1.29, 1.82) is 0 Å². The van der Waals surface area contributed by atoms with E-state index in [2.05, 4.69) is 10.4 Å². The lowest BCUT2D eigenvalue weighted by molar-refractivity contribution is -0.161. The molecule has 0 spiro atoms.